The van der Waals surface area contributed by atoms with Gasteiger partial charge in [0.15, 0.2) is 0 Å². The van der Waals surface area contributed by atoms with Crippen molar-refractivity contribution in [3.8, 4) is 5.75 Å². The number of benzene rings is 1. The molecule has 1 aromatic carbocycles. The molecule has 0 aliphatic rings. The van der Waals surface area contributed by atoms with Gasteiger partial charge in [-0.2, -0.15) is 0 Å². The summed E-state index contributed by atoms with van der Waals surface area (Å²) in [7, 11) is -3.83. The van der Waals surface area contributed by atoms with E-state index in [0.717, 1.165) is 0 Å². The van der Waals surface area contributed by atoms with Gasteiger partial charge in [-0.15, -0.1) is 0 Å². The van der Waals surface area contributed by atoms with E-state index in [1.54, 1.807) is 36.4 Å². The van der Waals surface area contributed by atoms with Gasteiger partial charge in [0.25, 0.3) is 0 Å². The van der Waals surface area contributed by atoms with Gasteiger partial charge < -0.3 is 9.42 Å². The molecule has 1 aromatic heterocycles. The van der Waals surface area contributed by atoms with Gasteiger partial charge >= 0.3 is 7.60 Å². The third-order valence-corrected chi connectivity index (χ3v) is 3.32. The van der Waals surface area contributed by atoms with E-state index in [1.165, 1.54) is 18.5 Å². The summed E-state index contributed by atoms with van der Waals surface area (Å²) in [5.41, 5.74) is 0. The molecule has 0 saturated carbocycles. The average molecular weight is 235 g/mol. The fraction of sp³-hybridized carbons (Fsp3) is 0. The Hall–Kier alpha value is -1.64. The van der Waals surface area contributed by atoms with Gasteiger partial charge in [0.1, 0.15) is 5.75 Å². The number of hydrogen-bond donors (Lipinski definition) is 1. The molecule has 16 heavy (non-hydrogen) atoms. The van der Waals surface area contributed by atoms with Crippen LogP contribution in [-0.2, 0) is 4.57 Å². The maximum absolute atomic E-state index is 11.9. The summed E-state index contributed by atoms with van der Waals surface area (Å²) >= 11 is 0. The van der Waals surface area contributed by atoms with Crippen molar-refractivity contribution in [2.45, 2.75) is 0 Å². The third kappa shape index (κ3) is 2.48. The second kappa shape index (κ2) is 4.47. The molecule has 1 N–H and O–H groups in total. The first-order chi connectivity index (χ1) is 7.68. The van der Waals surface area contributed by atoms with E-state index in [1.807, 2.05) is 0 Å². The summed E-state index contributed by atoms with van der Waals surface area (Å²) in [5.74, 6) is 0.359. The molecule has 1 heterocycles. The zero-order valence-electron chi connectivity index (χ0n) is 8.35. The number of aromatic nitrogens is 1. The highest BCUT2D eigenvalue weighted by Gasteiger charge is 2.24. The Kier molecular flexibility index (Phi) is 3.04. The molecular formula is C11H10NO3P. The first-order valence-electron chi connectivity index (χ1n) is 4.66. The lowest BCUT2D eigenvalue weighted by Gasteiger charge is -2.12. The first-order valence-corrected chi connectivity index (χ1v) is 6.24. The van der Waals surface area contributed by atoms with Crippen LogP contribution in [0.25, 0.3) is 0 Å². The van der Waals surface area contributed by atoms with E-state index in [-0.39, 0.29) is 5.30 Å². The van der Waals surface area contributed by atoms with Crippen LogP contribution in [0, 0.1) is 0 Å². The van der Waals surface area contributed by atoms with Gasteiger partial charge in [-0.05, 0) is 24.3 Å². The van der Waals surface area contributed by atoms with E-state index in [0.29, 0.717) is 5.75 Å². The summed E-state index contributed by atoms with van der Waals surface area (Å²) in [5, 5.41) is 0.179. The van der Waals surface area contributed by atoms with Crippen LogP contribution < -0.4 is 9.83 Å². The van der Waals surface area contributed by atoms with Crippen LogP contribution in [0.1, 0.15) is 0 Å². The van der Waals surface area contributed by atoms with E-state index < -0.39 is 7.60 Å². The SMILES string of the molecule is O=P(O)(Oc1ccccc1)c1cccnc1. The minimum absolute atomic E-state index is 0.179. The molecule has 0 radical (unpaired) electrons. The molecule has 1 unspecified atom stereocenters. The molecule has 0 aliphatic carbocycles. The van der Waals surface area contributed by atoms with E-state index in [2.05, 4.69) is 4.98 Å². The second-order valence-corrected chi connectivity index (χ2v) is 4.88. The quantitative estimate of drug-likeness (QED) is 0.826. The molecule has 0 aliphatic heterocycles. The Bertz CT molecular complexity index is 501. The van der Waals surface area contributed by atoms with Gasteiger partial charge in [0.2, 0.25) is 0 Å². The minimum Gasteiger partial charge on any atom is -0.421 e. The van der Waals surface area contributed by atoms with E-state index >= 15 is 0 Å². The lowest BCUT2D eigenvalue weighted by atomic mass is 10.3. The van der Waals surface area contributed by atoms with Crippen molar-refractivity contribution in [2.24, 2.45) is 0 Å². The highest BCUT2D eigenvalue weighted by Crippen LogP contribution is 2.40. The highest BCUT2D eigenvalue weighted by molar-refractivity contribution is 7.61. The maximum atomic E-state index is 11.9. The van der Waals surface area contributed by atoms with Crippen molar-refractivity contribution in [3.05, 3.63) is 54.9 Å². The first kappa shape index (κ1) is 10.9. The zero-order valence-corrected chi connectivity index (χ0v) is 9.25. The highest BCUT2D eigenvalue weighted by atomic mass is 31.2. The second-order valence-electron chi connectivity index (χ2n) is 3.14. The molecule has 5 heteroatoms. The number of nitrogens with zero attached hydrogens (tertiary/aromatic N) is 1. The summed E-state index contributed by atoms with van der Waals surface area (Å²) in [4.78, 5) is 13.5. The Morgan fingerprint density at radius 3 is 2.50 bits per heavy atom. The number of rotatable bonds is 3. The van der Waals surface area contributed by atoms with E-state index in [9.17, 15) is 9.46 Å². The van der Waals surface area contributed by atoms with Crippen LogP contribution in [0.2, 0.25) is 0 Å². The largest absolute Gasteiger partial charge is 0.421 e. The Labute approximate surface area is 93.1 Å². The normalized spacial score (nSPS) is 14.1. The van der Waals surface area contributed by atoms with Gasteiger partial charge in [0, 0.05) is 12.4 Å². The number of para-hydroxylation sites is 1. The van der Waals surface area contributed by atoms with Crippen LogP contribution in [0.5, 0.6) is 5.75 Å². The van der Waals surface area contributed by atoms with Crippen LogP contribution in [0.4, 0.5) is 0 Å². The minimum atomic E-state index is -3.83. The van der Waals surface area contributed by atoms with Crippen molar-refractivity contribution in [1.29, 1.82) is 0 Å². The van der Waals surface area contributed by atoms with Crippen molar-refractivity contribution in [3.63, 3.8) is 0 Å². The van der Waals surface area contributed by atoms with Gasteiger partial charge in [0.05, 0.1) is 5.30 Å². The monoisotopic (exact) mass is 235 g/mol. The molecule has 1 atom stereocenters. The van der Waals surface area contributed by atoms with Crippen LogP contribution in [0.15, 0.2) is 54.9 Å². The Morgan fingerprint density at radius 2 is 1.88 bits per heavy atom. The molecule has 0 spiro atoms. The van der Waals surface area contributed by atoms with Gasteiger partial charge in [-0.3, -0.25) is 4.98 Å². The summed E-state index contributed by atoms with van der Waals surface area (Å²) in [6.45, 7) is 0. The lowest BCUT2D eigenvalue weighted by Crippen LogP contribution is -2.09. The predicted octanol–water partition coefficient (Wildman–Crippen LogP) is 1.97. The topological polar surface area (TPSA) is 59.4 Å². The predicted molar refractivity (Wildman–Crippen MR) is 60.8 cm³/mol. The number of pyridine rings is 1. The summed E-state index contributed by atoms with van der Waals surface area (Å²) < 4.78 is 16.9. The fourth-order valence-corrected chi connectivity index (χ4v) is 2.20. The molecule has 0 bridgehead atoms. The standard InChI is InChI=1S/C11H10NO3P/c13-16(14,11-7-4-8-12-9-11)15-10-5-2-1-3-6-10/h1-9H,(H,13,14). The Balaban J connectivity index is 2.25. The van der Waals surface area contributed by atoms with Crippen molar-refractivity contribution < 1.29 is 14.0 Å². The Morgan fingerprint density at radius 1 is 1.12 bits per heavy atom. The number of hydrogen-bond acceptors (Lipinski definition) is 3. The molecule has 82 valence electrons. The third-order valence-electron chi connectivity index (χ3n) is 1.94. The molecule has 2 aromatic rings. The molecule has 2 rings (SSSR count). The summed E-state index contributed by atoms with van der Waals surface area (Å²) in [6, 6.07) is 11.6. The average Bonchev–Trinajstić information content (AvgIpc) is 2.31. The smallest absolute Gasteiger partial charge is 0.409 e. The van der Waals surface area contributed by atoms with Crippen molar-refractivity contribution in [2.75, 3.05) is 0 Å². The van der Waals surface area contributed by atoms with Crippen LogP contribution >= 0.6 is 7.60 Å². The van der Waals surface area contributed by atoms with Crippen molar-refractivity contribution in [1.82, 2.24) is 4.98 Å². The molecule has 0 amide bonds. The zero-order chi connectivity index (χ0) is 11.4. The summed E-state index contributed by atoms with van der Waals surface area (Å²) in [6.07, 6.45) is 2.86. The molecule has 0 fully saturated rings. The molecular weight excluding hydrogens is 225 g/mol. The molecule has 0 saturated heterocycles. The van der Waals surface area contributed by atoms with Crippen LogP contribution in [0.3, 0.4) is 0 Å². The van der Waals surface area contributed by atoms with Gasteiger partial charge in [-0.1, -0.05) is 18.2 Å². The van der Waals surface area contributed by atoms with Crippen LogP contribution in [-0.4, -0.2) is 9.88 Å². The lowest BCUT2D eigenvalue weighted by molar-refractivity contribution is 0.393. The fourth-order valence-electron chi connectivity index (χ4n) is 1.20. The van der Waals surface area contributed by atoms with Crippen molar-refractivity contribution >= 4 is 12.9 Å². The van der Waals surface area contributed by atoms with Gasteiger partial charge in [-0.25, -0.2) is 4.57 Å². The van der Waals surface area contributed by atoms with E-state index in [4.69, 9.17) is 4.52 Å². The maximum Gasteiger partial charge on any atom is 0.409 e. The molecule has 4 nitrogen and oxygen atoms in total.